The quantitative estimate of drug-likeness (QED) is 0.749. The maximum absolute atomic E-state index is 13.3. The number of aliphatic hydroxyl groups is 1. The summed E-state index contributed by atoms with van der Waals surface area (Å²) in [5.41, 5.74) is 2.65. The molecule has 25 heavy (non-hydrogen) atoms. The zero-order valence-corrected chi connectivity index (χ0v) is 14.2. The third-order valence-corrected chi connectivity index (χ3v) is 4.41. The predicted molar refractivity (Wildman–Crippen MR) is 93.8 cm³/mol. The maximum atomic E-state index is 13.3. The van der Waals surface area contributed by atoms with Gasteiger partial charge in [0, 0.05) is 12.6 Å². The molecular weight excluding hydrogens is 319 g/mol. The van der Waals surface area contributed by atoms with Gasteiger partial charge in [0.25, 0.3) is 0 Å². The molecule has 5 nitrogen and oxygen atoms in total. The van der Waals surface area contributed by atoms with Gasteiger partial charge < -0.3 is 5.11 Å². The molecule has 130 valence electrons. The average molecular weight is 340 g/mol. The van der Waals surface area contributed by atoms with Crippen molar-refractivity contribution in [1.82, 2.24) is 19.7 Å². The summed E-state index contributed by atoms with van der Waals surface area (Å²) in [6.45, 7) is 2.48. The Balaban J connectivity index is 1.66. The van der Waals surface area contributed by atoms with Gasteiger partial charge in [-0.05, 0) is 49.4 Å². The van der Waals surface area contributed by atoms with Crippen LogP contribution in [-0.2, 0) is 0 Å². The minimum atomic E-state index is -0.738. The molecule has 0 saturated heterocycles. The van der Waals surface area contributed by atoms with Gasteiger partial charge in [-0.1, -0.05) is 24.3 Å². The van der Waals surface area contributed by atoms with E-state index in [0.29, 0.717) is 12.1 Å². The fourth-order valence-electron chi connectivity index (χ4n) is 2.75. The Morgan fingerprint density at radius 3 is 2.56 bits per heavy atom. The van der Waals surface area contributed by atoms with Gasteiger partial charge in [-0.2, -0.15) is 5.10 Å². The van der Waals surface area contributed by atoms with Crippen LogP contribution < -0.4 is 0 Å². The number of likely N-dealkylation sites (N-methyl/N-ethyl adjacent to an activating group) is 1. The minimum Gasteiger partial charge on any atom is -0.387 e. The molecule has 0 fully saturated rings. The molecule has 1 N–H and O–H groups in total. The molecule has 0 aliphatic carbocycles. The fourth-order valence-corrected chi connectivity index (χ4v) is 2.75. The van der Waals surface area contributed by atoms with Crippen molar-refractivity contribution in [1.29, 1.82) is 0 Å². The molecule has 0 saturated carbocycles. The molecule has 1 heterocycles. The van der Waals surface area contributed by atoms with Crippen LogP contribution in [0.1, 0.15) is 30.2 Å². The van der Waals surface area contributed by atoms with Gasteiger partial charge in [0.05, 0.1) is 11.8 Å². The number of benzene rings is 2. The highest BCUT2D eigenvalue weighted by molar-refractivity contribution is 5.34. The summed E-state index contributed by atoms with van der Waals surface area (Å²) in [5.74, 6) is -0.337. The minimum absolute atomic E-state index is 0.105. The van der Waals surface area contributed by atoms with Crippen molar-refractivity contribution in [2.24, 2.45) is 0 Å². The normalized spacial score (nSPS) is 13.8. The molecular formula is C19H21FN4O. The summed E-state index contributed by atoms with van der Waals surface area (Å²) in [6.07, 6.45) is 2.41. The van der Waals surface area contributed by atoms with Crippen LogP contribution in [0.2, 0.25) is 0 Å². The molecule has 3 rings (SSSR count). The molecule has 3 aromatic rings. The van der Waals surface area contributed by atoms with Crippen molar-refractivity contribution in [3.8, 4) is 5.69 Å². The van der Waals surface area contributed by atoms with E-state index in [0.717, 1.165) is 11.3 Å². The van der Waals surface area contributed by atoms with E-state index in [1.807, 2.05) is 36.2 Å². The lowest BCUT2D eigenvalue weighted by molar-refractivity contribution is 0.108. The second-order valence-corrected chi connectivity index (χ2v) is 6.12. The zero-order valence-electron chi connectivity index (χ0n) is 14.2. The van der Waals surface area contributed by atoms with Crippen LogP contribution >= 0.6 is 0 Å². The first-order chi connectivity index (χ1) is 12.0. The number of aliphatic hydroxyl groups excluding tert-OH is 1. The van der Waals surface area contributed by atoms with E-state index in [1.165, 1.54) is 18.5 Å². The van der Waals surface area contributed by atoms with Gasteiger partial charge in [-0.15, -0.1) is 0 Å². The first kappa shape index (κ1) is 17.3. The molecule has 0 amide bonds. The Morgan fingerprint density at radius 2 is 1.92 bits per heavy atom. The number of nitrogens with zero attached hydrogens (tertiary/aromatic N) is 4. The van der Waals surface area contributed by atoms with Crippen molar-refractivity contribution in [3.05, 3.63) is 78.1 Å². The Bertz CT molecular complexity index is 805. The summed E-state index contributed by atoms with van der Waals surface area (Å²) in [7, 11) is 1.94. The van der Waals surface area contributed by atoms with E-state index in [2.05, 4.69) is 17.0 Å². The summed E-state index contributed by atoms with van der Waals surface area (Å²) < 4.78 is 15.0. The molecule has 0 spiro atoms. The number of hydrogen-bond donors (Lipinski definition) is 1. The van der Waals surface area contributed by atoms with E-state index in [4.69, 9.17) is 0 Å². The van der Waals surface area contributed by atoms with Crippen molar-refractivity contribution < 1.29 is 9.50 Å². The van der Waals surface area contributed by atoms with Crippen molar-refractivity contribution in [2.75, 3.05) is 13.6 Å². The van der Waals surface area contributed by atoms with Crippen LogP contribution in [0.4, 0.5) is 4.39 Å². The lowest BCUT2D eigenvalue weighted by Crippen LogP contribution is -2.27. The van der Waals surface area contributed by atoms with Crippen LogP contribution in [0.25, 0.3) is 5.69 Å². The second kappa shape index (κ2) is 7.55. The van der Waals surface area contributed by atoms with E-state index in [-0.39, 0.29) is 11.9 Å². The molecule has 0 radical (unpaired) electrons. The highest BCUT2D eigenvalue weighted by Gasteiger charge is 2.17. The SMILES string of the molecule is C[C@H](c1ccc(-n2cncn2)cc1)N(C)C[C@H](O)c1cccc(F)c1. The van der Waals surface area contributed by atoms with Crippen LogP contribution in [-0.4, -0.2) is 38.4 Å². The summed E-state index contributed by atoms with van der Waals surface area (Å²) in [6, 6.07) is 14.2. The van der Waals surface area contributed by atoms with Crippen LogP contribution in [0, 0.1) is 5.82 Å². The Morgan fingerprint density at radius 1 is 1.16 bits per heavy atom. The van der Waals surface area contributed by atoms with Gasteiger partial charge in [0.1, 0.15) is 18.5 Å². The Hall–Kier alpha value is -2.57. The van der Waals surface area contributed by atoms with Gasteiger partial charge in [-0.25, -0.2) is 14.1 Å². The van der Waals surface area contributed by atoms with E-state index in [9.17, 15) is 9.50 Å². The summed E-state index contributed by atoms with van der Waals surface area (Å²) in [5, 5.41) is 14.5. The first-order valence-corrected chi connectivity index (χ1v) is 8.13. The second-order valence-electron chi connectivity index (χ2n) is 6.12. The number of aromatic nitrogens is 3. The van der Waals surface area contributed by atoms with Crippen molar-refractivity contribution >= 4 is 0 Å². The molecule has 2 atom stereocenters. The molecule has 0 unspecified atom stereocenters. The Labute approximate surface area is 146 Å². The molecule has 1 aromatic heterocycles. The van der Waals surface area contributed by atoms with Crippen LogP contribution in [0.3, 0.4) is 0 Å². The third-order valence-electron chi connectivity index (χ3n) is 4.41. The molecule has 0 bridgehead atoms. The largest absolute Gasteiger partial charge is 0.387 e. The van der Waals surface area contributed by atoms with E-state index < -0.39 is 6.10 Å². The number of halogens is 1. The maximum Gasteiger partial charge on any atom is 0.138 e. The highest BCUT2D eigenvalue weighted by Crippen LogP contribution is 2.23. The van der Waals surface area contributed by atoms with E-state index >= 15 is 0 Å². The lowest BCUT2D eigenvalue weighted by Gasteiger charge is -2.27. The summed E-state index contributed by atoms with van der Waals surface area (Å²) in [4.78, 5) is 5.98. The third kappa shape index (κ3) is 4.10. The lowest BCUT2D eigenvalue weighted by atomic mass is 10.0. The van der Waals surface area contributed by atoms with Crippen LogP contribution in [0.15, 0.2) is 61.2 Å². The van der Waals surface area contributed by atoms with Crippen LogP contribution in [0.5, 0.6) is 0 Å². The Kier molecular flexibility index (Phi) is 5.21. The monoisotopic (exact) mass is 340 g/mol. The first-order valence-electron chi connectivity index (χ1n) is 8.13. The van der Waals surface area contributed by atoms with Gasteiger partial charge in [0.2, 0.25) is 0 Å². The standard InChI is InChI=1S/C19H21FN4O/c1-14(15-6-8-18(9-7-15)24-13-21-12-22-24)23(2)11-19(25)16-4-3-5-17(20)10-16/h3-10,12-14,19,25H,11H2,1-2H3/t14-,19+/m1/s1. The highest BCUT2D eigenvalue weighted by atomic mass is 19.1. The van der Waals surface area contributed by atoms with Gasteiger partial charge in [0.15, 0.2) is 0 Å². The van der Waals surface area contributed by atoms with Crippen molar-refractivity contribution in [3.63, 3.8) is 0 Å². The fraction of sp³-hybridized carbons (Fsp3) is 0.263. The average Bonchev–Trinajstić information content (AvgIpc) is 3.16. The smallest absolute Gasteiger partial charge is 0.138 e. The number of rotatable bonds is 6. The summed E-state index contributed by atoms with van der Waals surface area (Å²) >= 11 is 0. The molecule has 2 aromatic carbocycles. The van der Waals surface area contributed by atoms with E-state index in [1.54, 1.807) is 23.1 Å². The van der Waals surface area contributed by atoms with Gasteiger partial charge in [-0.3, -0.25) is 4.90 Å². The topological polar surface area (TPSA) is 54.2 Å². The molecule has 0 aliphatic rings. The zero-order chi connectivity index (χ0) is 17.8. The van der Waals surface area contributed by atoms with Gasteiger partial charge >= 0.3 is 0 Å². The number of hydrogen-bond acceptors (Lipinski definition) is 4. The van der Waals surface area contributed by atoms with Crippen molar-refractivity contribution in [2.45, 2.75) is 19.1 Å². The molecule has 0 aliphatic heterocycles. The predicted octanol–water partition coefficient (Wildman–Crippen LogP) is 3.13. The molecule has 6 heteroatoms.